The van der Waals surface area contributed by atoms with Gasteiger partial charge in [-0.1, -0.05) is 0 Å². The fourth-order valence-electron chi connectivity index (χ4n) is 0.547. The molecule has 0 unspecified atom stereocenters. The molecule has 1 rings (SSSR count). The van der Waals surface area contributed by atoms with Gasteiger partial charge in [0.05, 0.1) is 10.2 Å². The molecule has 4 heteroatoms. The Morgan fingerprint density at radius 2 is 2.40 bits per heavy atom. The summed E-state index contributed by atoms with van der Waals surface area (Å²) in [6, 6.07) is 1.56. The van der Waals surface area contributed by atoms with Crippen molar-refractivity contribution in [1.82, 2.24) is 4.98 Å². The number of aromatic nitrogens is 1. The third kappa shape index (κ3) is 1.63. The lowest BCUT2D eigenvalue weighted by Gasteiger charge is -1.95. The van der Waals surface area contributed by atoms with Crippen LogP contribution in [-0.4, -0.2) is 10.1 Å². The summed E-state index contributed by atoms with van der Waals surface area (Å²) in [5.41, 5.74) is 0.630. The van der Waals surface area contributed by atoms with Crippen LogP contribution in [-0.2, 0) is 6.61 Å². The molecule has 0 saturated carbocycles. The number of rotatable bonds is 1. The van der Waals surface area contributed by atoms with E-state index in [4.69, 9.17) is 5.11 Å². The van der Waals surface area contributed by atoms with Crippen LogP contribution < -0.4 is 0 Å². The van der Waals surface area contributed by atoms with Crippen LogP contribution in [0, 0.1) is 9.52 Å². The molecule has 0 aromatic carbocycles. The van der Waals surface area contributed by atoms with Gasteiger partial charge in [0, 0.05) is 6.20 Å². The highest BCUT2D eigenvalue weighted by atomic mass is 127. The number of hydrogen-bond acceptors (Lipinski definition) is 2. The molecule has 2 nitrogen and oxygen atoms in total. The van der Waals surface area contributed by atoms with Gasteiger partial charge in [-0.3, -0.25) is 0 Å². The predicted molar refractivity (Wildman–Crippen MR) is 42.8 cm³/mol. The maximum atomic E-state index is 12.4. The van der Waals surface area contributed by atoms with E-state index in [9.17, 15) is 4.39 Å². The van der Waals surface area contributed by atoms with E-state index in [1.165, 1.54) is 6.20 Å². The van der Waals surface area contributed by atoms with Gasteiger partial charge in [-0.05, 0) is 34.2 Å². The average molecular weight is 253 g/mol. The number of pyridine rings is 1. The maximum Gasteiger partial charge on any atom is 0.226 e. The van der Waals surface area contributed by atoms with Crippen LogP contribution in [0.3, 0.4) is 0 Å². The maximum absolute atomic E-state index is 12.4. The van der Waals surface area contributed by atoms with E-state index in [-0.39, 0.29) is 6.61 Å². The first kappa shape index (κ1) is 7.87. The van der Waals surface area contributed by atoms with E-state index >= 15 is 0 Å². The Balaban J connectivity index is 3.04. The fraction of sp³-hybridized carbons (Fsp3) is 0.167. The largest absolute Gasteiger partial charge is 0.392 e. The van der Waals surface area contributed by atoms with Gasteiger partial charge < -0.3 is 5.11 Å². The van der Waals surface area contributed by atoms with E-state index in [0.29, 0.717) is 9.13 Å². The lowest BCUT2D eigenvalue weighted by atomic mass is 10.3. The lowest BCUT2D eigenvalue weighted by Crippen LogP contribution is -1.91. The molecule has 1 aromatic heterocycles. The summed E-state index contributed by atoms with van der Waals surface area (Å²) in [6.07, 6.45) is 1.32. The standard InChI is InChI=1S/C6H5FINO/c7-6-5(8)1-4(3-10)2-9-6/h1-2,10H,3H2. The topological polar surface area (TPSA) is 33.1 Å². The van der Waals surface area contributed by atoms with Crippen molar-refractivity contribution in [1.29, 1.82) is 0 Å². The number of halogens is 2. The van der Waals surface area contributed by atoms with Crippen molar-refractivity contribution in [2.45, 2.75) is 6.61 Å². The molecule has 0 radical (unpaired) electrons. The zero-order chi connectivity index (χ0) is 7.56. The van der Waals surface area contributed by atoms with Crippen molar-refractivity contribution in [2.24, 2.45) is 0 Å². The zero-order valence-corrected chi connectivity index (χ0v) is 7.17. The predicted octanol–water partition coefficient (Wildman–Crippen LogP) is 1.32. The zero-order valence-electron chi connectivity index (χ0n) is 5.01. The third-order valence-electron chi connectivity index (χ3n) is 1.04. The van der Waals surface area contributed by atoms with Crippen molar-refractivity contribution in [2.75, 3.05) is 0 Å². The van der Waals surface area contributed by atoms with Crippen molar-refractivity contribution in [3.8, 4) is 0 Å². The minimum Gasteiger partial charge on any atom is -0.392 e. The summed E-state index contributed by atoms with van der Waals surface area (Å²) in [5, 5.41) is 8.59. The molecule has 0 atom stereocenters. The first-order valence-corrected chi connectivity index (χ1v) is 3.72. The Morgan fingerprint density at radius 3 is 2.90 bits per heavy atom. The summed E-state index contributed by atoms with van der Waals surface area (Å²) in [4.78, 5) is 3.42. The molecule has 0 amide bonds. The SMILES string of the molecule is OCc1cnc(F)c(I)c1. The number of aliphatic hydroxyl groups is 1. The number of nitrogens with zero attached hydrogens (tertiary/aromatic N) is 1. The minimum atomic E-state index is -0.488. The van der Waals surface area contributed by atoms with Crippen molar-refractivity contribution in [3.05, 3.63) is 27.3 Å². The quantitative estimate of drug-likeness (QED) is 0.604. The molecule has 1 heterocycles. The highest BCUT2D eigenvalue weighted by Gasteiger charge is 1.99. The fourth-order valence-corrected chi connectivity index (χ4v) is 1.09. The van der Waals surface area contributed by atoms with E-state index in [1.54, 1.807) is 6.07 Å². The van der Waals surface area contributed by atoms with Crippen molar-refractivity contribution >= 4 is 22.6 Å². The normalized spacial score (nSPS) is 9.90. The van der Waals surface area contributed by atoms with Crippen LogP contribution >= 0.6 is 22.6 Å². The van der Waals surface area contributed by atoms with Gasteiger partial charge >= 0.3 is 0 Å². The molecule has 0 saturated heterocycles. The van der Waals surface area contributed by atoms with Crippen LogP contribution in [0.25, 0.3) is 0 Å². The second-order valence-corrected chi connectivity index (χ2v) is 2.94. The first-order chi connectivity index (χ1) is 4.74. The van der Waals surface area contributed by atoms with Crippen molar-refractivity contribution < 1.29 is 9.50 Å². The van der Waals surface area contributed by atoms with Crippen LogP contribution in [0.4, 0.5) is 4.39 Å². The second-order valence-electron chi connectivity index (χ2n) is 1.77. The minimum absolute atomic E-state index is 0.0940. The first-order valence-electron chi connectivity index (χ1n) is 2.65. The average Bonchev–Trinajstić information content (AvgIpc) is 1.95. The lowest BCUT2D eigenvalue weighted by molar-refractivity contribution is 0.281. The third-order valence-corrected chi connectivity index (χ3v) is 1.79. The number of aliphatic hydroxyl groups excluding tert-OH is 1. The van der Waals surface area contributed by atoms with Crippen molar-refractivity contribution in [3.63, 3.8) is 0 Å². The molecule has 0 aliphatic heterocycles. The summed E-state index contributed by atoms with van der Waals surface area (Å²) in [5.74, 6) is -0.488. The van der Waals surface area contributed by atoms with Gasteiger partial charge in [0.1, 0.15) is 0 Å². The molecular weight excluding hydrogens is 248 g/mol. The Labute approximate surface area is 71.2 Å². The Hall–Kier alpha value is -0.230. The highest BCUT2D eigenvalue weighted by molar-refractivity contribution is 14.1. The number of hydrogen-bond donors (Lipinski definition) is 1. The summed E-state index contributed by atoms with van der Waals surface area (Å²) >= 11 is 1.82. The van der Waals surface area contributed by atoms with Gasteiger partial charge in [-0.25, -0.2) is 4.98 Å². The van der Waals surface area contributed by atoms with Crippen LogP contribution in [0.5, 0.6) is 0 Å². The molecule has 0 aliphatic rings. The summed E-state index contributed by atoms with van der Waals surface area (Å²) in [6.45, 7) is -0.0940. The van der Waals surface area contributed by atoms with E-state index in [2.05, 4.69) is 4.98 Å². The van der Waals surface area contributed by atoms with Crippen LogP contribution in [0.15, 0.2) is 12.3 Å². The Morgan fingerprint density at radius 1 is 1.70 bits per heavy atom. The summed E-state index contributed by atoms with van der Waals surface area (Å²) in [7, 11) is 0. The molecule has 1 aromatic rings. The van der Waals surface area contributed by atoms with E-state index in [0.717, 1.165) is 0 Å². The molecule has 0 spiro atoms. The smallest absolute Gasteiger partial charge is 0.226 e. The molecule has 1 N–H and O–H groups in total. The van der Waals surface area contributed by atoms with Gasteiger partial charge in [-0.2, -0.15) is 4.39 Å². The van der Waals surface area contributed by atoms with Crippen LogP contribution in [0.2, 0.25) is 0 Å². The molecule has 10 heavy (non-hydrogen) atoms. The molecule has 0 fully saturated rings. The molecular formula is C6H5FINO. The van der Waals surface area contributed by atoms with E-state index < -0.39 is 5.95 Å². The van der Waals surface area contributed by atoms with Gasteiger partial charge in [0.25, 0.3) is 0 Å². The van der Waals surface area contributed by atoms with Gasteiger partial charge in [0.15, 0.2) is 0 Å². The van der Waals surface area contributed by atoms with Gasteiger partial charge in [-0.15, -0.1) is 0 Å². The molecule has 54 valence electrons. The Kier molecular flexibility index (Phi) is 2.56. The summed E-state index contributed by atoms with van der Waals surface area (Å²) < 4.78 is 12.9. The second kappa shape index (κ2) is 3.25. The Bertz CT molecular complexity index is 241. The van der Waals surface area contributed by atoms with Crippen LogP contribution in [0.1, 0.15) is 5.56 Å². The van der Waals surface area contributed by atoms with E-state index in [1.807, 2.05) is 22.6 Å². The molecule has 0 bridgehead atoms. The monoisotopic (exact) mass is 253 g/mol. The van der Waals surface area contributed by atoms with Gasteiger partial charge in [0.2, 0.25) is 5.95 Å². The molecule has 0 aliphatic carbocycles. The highest BCUT2D eigenvalue weighted by Crippen LogP contribution is 2.09.